The molecule has 2 rings (SSSR count). The highest BCUT2D eigenvalue weighted by Gasteiger charge is 2.37. The first-order chi connectivity index (χ1) is 8.84. The summed E-state index contributed by atoms with van der Waals surface area (Å²) in [7, 11) is -3.76. The number of carbonyl (C=O) groups is 1. The van der Waals surface area contributed by atoms with Gasteiger partial charge in [0.15, 0.2) is 0 Å². The molecule has 1 aliphatic heterocycles. The van der Waals surface area contributed by atoms with Crippen molar-refractivity contribution in [1.29, 1.82) is 0 Å². The van der Waals surface area contributed by atoms with E-state index in [4.69, 9.17) is 23.2 Å². The van der Waals surface area contributed by atoms with Crippen LogP contribution in [0.15, 0.2) is 11.0 Å². The first-order valence-electron chi connectivity index (χ1n) is 5.81. The van der Waals surface area contributed by atoms with Crippen molar-refractivity contribution in [1.82, 2.24) is 4.31 Å². The van der Waals surface area contributed by atoms with Crippen LogP contribution in [0.2, 0.25) is 8.67 Å². The molecule has 0 aromatic carbocycles. The van der Waals surface area contributed by atoms with Crippen LogP contribution in [0.25, 0.3) is 0 Å². The molecule has 1 aromatic rings. The summed E-state index contributed by atoms with van der Waals surface area (Å²) < 4.78 is 26.9. The number of carbonyl (C=O) groups excluding carboxylic acids is 1. The van der Waals surface area contributed by atoms with Gasteiger partial charge in [0.25, 0.3) is 0 Å². The lowest BCUT2D eigenvalue weighted by molar-refractivity contribution is -0.121. The van der Waals surface area contributed by atoms with Gasteiger partial charge in [-0.15, -0.1) is 11.3 Å². The van der Waals surface area contributed by atoms with E-state index in [9.17, 15) is 13.2 Å². The largest absolute Gasteiger partial charge is 0.298 e. The van der Waals surface area contributed by atoms with E-state index in [0.717, 1.165) is 24.2 Å². The highest BCUT2D eigenvalue weighted by atomic mass is 35.5. The summed E-state index contributed by atoms with van der Waals surface area (Å²) in [5.74, 6) is -0.138. The standard InChI is InChI=1S/C11H13Cl2NO3S2/c1-7(15)8-4-2-3-5-14(8)19(16,17)9-6-10(12)18-11(9)13/h6,8H,2-5H2,1H3. The molecule has 0 spiro atoms. The van der Waals surface area contributed by atoms with Crippen molar-refractivity contribution in [3.05, 3.63) is 14.7 Å². The Labute approximate surface area is 126 Å². The second kappa shape index (κ2) is 5.69. The van der Waals surface area contributed by atoms with E-state index in [0.29, 0.717) is 17.3 Å². The number of rotatable bonds is 3. The Morgan fingerprint density at radius 2 is 2.11 bits per heavy atom. The molecule has 19 heavy (non-hydrogen) atoms. The smallest absolute Gasteiger partial charge is 0.246 e. The molecule has 0 saturated carbocycles. The van der Waals surface area contributed by atoms with E-state index in [1.165, 1.54) is 17.3 Å². The Morgan fingerprint density at radius 1 is 1.42 bits per heavy atom. The Hall–Kier alpha value is -0.140. The van der Waals surface area contributed by atoms with Crippen molar-refractivity contribution in [2.24, 2.45) is 0 Å². The maximum Gasteiger partial charge on any atom is 0.246 e. The molecule has 0 bridgehead atoms. The van der Waals surface area contributed by atoms with Gasteiger partial charge in [-0.1, -0.05) is 29.6 Å². The first kappa shape index (κ1) is 15.3. The monoisotopic (exact) mass is 341 g/mol. The lowest BCUT2D eigenvalue weighted by Gasteiger charge is -2.32. The van der Waals surface area contributed by atoms with Gasteiger partial charge in [0, 0.05) is 6.54 Å². The van der Waals surface area contributed by atoms with Crippen LogP contribution in [0.1, 0.15) is 26.2 Å². The van der Waals surface area contributed by atoms with Gasteiger partial charge in [-0.3, -0.25) is 4.79 Å². The molecule has 1 unspecified atom stereocenters. The molecule has 8 heteroatoms. The number of hydrogen-bond acceptors (Lipinski definition) is 4. The minimum atomic E-state index is -3.76. The molecule has 2 heterocycles. The number of ketones is 1. The van der Waals surface area contributed by atoms with E-state index in [-0.39, 0.29) is 15.0 Å². The molecule has 0 amide bonds. The van der Waals surface area contributed by atoms with Crippen LogP contribution in [0.4, 0.5) is 0 Å². The molecule has 1 atom stereocenters. The summed E-state index contributed by atoms with van der Waals surface area (Å²) in [6.45, 7) is 1.76. The predicted octanol–water partition coefficient (Wildman–Crippen LogP) is 3.19. The van der Waals surface area contributed by atoms with Gasteiger partial charge in [-0.2, -0.15) is 4.31 Å². The Bertz CT molecular complexity index is 597. The molecule has 1 aliphatic rings. The van der Waals surface area contributed by atoms with Crippen molar-refractivity contribution >= 4 is 50.3 Å². The quantitative estimate of drug-likeness (QED) is 0.848. The summed E-state index contributed by atoms with van der Waals surface area (Å²) in [6, 6.07) is 0.754. The molecule has 0 radical (unpaired) electrons. The van der Waals surface area contributed by atoms with Crippen LogP contribution < -0.4 is 0 Å². The maximum absolute atomic E-state index is 12.6. The van der Waals surface area contributed by atoms with E-state index in [1.807, 2.05) is 0 Å². The molecular formula is C11H13Cl2NO3S2. The maximum atomic E-state index is 12.6. The molecule has 0 N–H and O–H groups in total. The number of Topliss-reactive ketones (excluding diaryl/α,β-unsaturated/α-hetero) is 1. The number of sulfonamides is 1. The van der Waals surface area contributed by atoms with Gasteiger partial charge in [0.1, 0.15) is 15.0 Å². The summed E-state index contributed by atoms with van der Waals surface area (Å²) in [4.78, 5) is 11.6. The van der Waals surface area contributed by atoms with Crippen LogP contribution >= 0.6 is 34.5 Å². The zero-order chi connectivity index (χ0) is 14.2. The molecular weight excluding hydrogens is 329 g/mol. The summed E-state index contributed by atoms with van der Waals surface area (Å²) in [5.41, 5.74) is 0. The van der Waals surface area contributed by atoms with Crippen molar-refractivity contribution < 1.29 is 13.2 Å². The number of halogens is 2. The molecule has 4 nitrogen and oxygen atoms in total. The lowest BCUT2D eigenvalue weighted by atomic mass is 10.0. The average molecular weight is 342 g/mol. The zero-order valence-corrected chi connectivity index (χ0v) is 13.4. The molecule has 106 valence electrons. The zero-order valence-electron chi connectivity index (χ0n) is 10.2. The van der Waals surface area contributed by atoms with Crippen LogP contribution in [-0.4, -0.2) is 31.1 Å². The van der Waals surface area contributed by atoms with Crippen molar-refractivity contribution in [2.75, 3.05) is 6.54 Å². The summed E-state index contributed by atoms with van der Waals surface area (Å²) >= 11 is 12.7. The van der Waals surface area contributed by atoms with E-state index in [1.54, 1.807) is 0 Å². The van der Waals surface area contributed by atoms with Crippen LogP contribution in [-0.2, 0) is 14.8 Å². The van der Waals surface area contributed by atoms with Crippen LogP contribution in [0.3, 0.4) is 0 Å². The lowest BCUT2D eigenvalue weighted by Crippen LogP contribution is -2.47. The number of nitrogens with zero attached hydrogens (tertiary/aromatic N) is 1. The average Bonchev–Trinajstić information content (AvgIpc) is 2.69. The fourth-order valence-corrected chi connectivity index (χ4v) is 6.05. The van der Waals surface area contributed by atoms with Crippen LogP contribution in [0.5, 0.6) is 0 Å². The Balaban J connectivity index is 2.43. The highest BCUT2D eigenvalue weighted by Crippen LogP contribution is 2.37. The van der Waals surface area contributed by atoms with E-state index < -0.39 is 16.1 Å². The minimum absolute atomic E-state index is 0.00248. The molecule has 0 aliphatic carbocycles. The van der Waals surface area contributed by atoms with Gasteiger partial charge in [0.05, 0.1) is 10.4 Å². The highest BCUT2D eigenvalue weighted by molar-refractivity contribution is 7.89. The van der Waals surface area contributed by atoms with Crippen molar-refractivity contribution in [2.45, 2.75) is 37.1 Å². The fourth-order valence-electron chi connectivity index (χ4n) is 2.23. The minimum Gasteiger partial charge on any atom is -0.298 e. The number of thiophene rings is 1. The fraction of sp³-hybridized carbons (Fsp3) is 0.545. The summed E-state index contributed by atoms with van der Waals surface area (Å²) in [6.07, 6.45) is 2.16. The molecule has 1 saturated heterocycles. The van der Waals surface area contributed by atoms with Gasteiger partial charge < -0.3 is 0 Å². The third-order valence-corrected chi connectivity index (χ3v) is 6.80. The van der Waals surface area contributed by atoms with Gasteiger partial charge in [-0.25, -0.2) is 8.42 Å². The first-order valence-corrected chi connectivity index (χ1v) is 8.82. The second-order valence-electron chi connectivity index (χ2n) is 4.43. The molecule has 1 aromatic heterocycles. The normalized spacial score (nSPS) is 21.5. The van der Waals surface area contributed by atoms with Gasteiger partial charge in [0.2, 0.25) is 10.0 Å². The van der Waals surface area contributed by atoms with Gasteiger partial charge in [-0.05, 0) is 25.8 Å². The predicted molar refractivity (Wildman–Crippen MR) is 76.6 cm³/mol. The van der Waals surface area contributed by atoms with Crippen LogP contribution in [0, 0.1) is 0 Å². The Morgan fingerprint density at radius 3 is 2.63 bits per heavy atom. The SMILES string of the molecule is CC(=O)C1CCCCN1S(=O)(=O)c1cc(Cl)sc1Cl. The topological polar surface area (TPSA) is 54.5 Å². The second-order valence-corrected chi connectivity index (χ2v) is 8.57. The van der Waals surface area contributed by atoms with E-state index in [2.05, 4.69) is 0 Å². The van der Waals surface area contributed by atoms with E-state index >= 15 is 0 Å². The summed E-state index contributed by atoms with van der Waals surface area (Å²) in [5, 5.41) is 0. The van der Waals surface area contributed by atoms with Crippen molar-refractivity contribution in [3.8, 4) is 0 Å². The number of hydrogen-bond donors (Lipinski definition) is 0. The molecule has 1 fully saturated rings. The number of piperidine rings is 1. The van der Waals surface area contributed by atoms with Crippen molar-refractivity contribution in [3.63, 3.8) is 0 Å². The van der Waals surface area contributed by atoms with Gasteiger partial charge >= 0.3 is 0 Å². The Kier molecular flexibility index (Phi) is 4.57. The third-order valence-electron chi connectivity index (χ3n) is 3.13. The third kappa shape index (κ3) is 2.97.